The number of ether oxygens (including phenoxy) is 2. The van der Waals surface area contributed by atoms with Gasteiger partial charge >= 0.3 is 0 Å². The third kappa shape index (κ3) is 3.71. The van der Waals surface area contributed by atoms with Crippen molar-refractivity contribution in [2.75, 3.05) is 7.11 Å². The van der Waals surface area contributed by atoms with Crippen LogP contribution in [0.4, 0.5) is 8.78 Å². The molecule has 2 N–H and O–H groups in total. The average Bonchev–Trinajstić information content (AvgIpc) is 2.46. The molecule has 0 radical (unpaired) electrons. The fourth-order valence-corrected chi connectivity index (χ4v) is 2.42. The lowest BCUT2D eigenvalue weighted by Crippen LogP contribution is -2.03. The van der Waals surface area contributed by atoms with E-state index in [1.807, 2.05) is 0 Å². The van der Waals surface area contributed by atoms with E-state index in [2.05, 4.69) is 15.9 Å². The molecule has 2 aromatic rings. The van der Waals surface area contributed by atoms with Crippen molar-refractivity contribution in [2.24, 2.45) is 5.73 Å². The summed E-state index contributed by atoms with van der Waals surface area (Å²) in [6.07, 6.45) is 0. The molecule has 0 atom stereocenters. The van der Waals surface area contributed by atoms with Crippen LogP contribution in [0.15, 0.2) is 34.8 Å². The molecule has 0 aromatic heterocycles. The van der Waals surface area contributed by atoms with Crippen molar-refractivity contribution in [1.82, 2.24) is 0 Å². The van der Waals surface area contributed by atoms with Crippen LogP contribution in [-0.2, 0) is 13.2 Å². The molecule has 6 heteroatoms. The maximum atomic E-state index is 13.6. The van der Waals surface area contributed by atoms with Crippen molar-refractivity contribution >= 4 is 15.9 Å². The van der Waals surface area contributed by atoms with Crippen LogP contribution in [-0.4, -0.2) is 7.11 Å². The molecule has 0 saturated carbocycles. The Hall–Kier alpha value is -1.66. The Morgan fingerprint density at radius 1 is 1.19 bits per heavy atom. The van der Waals surface area contributed by atoms with Gasteiger partial charge in [-0.25, -0.2) is 8.78 Å². The summed E-state index contributed by atoms with van der Waals surface area (Å²) in [5.74, 6) is -0.336. The third-order valence-corrected chi connectivity index (χ3v) is 3.50. The zero-order valence-corrected chi connectivity index (χ0v) is 12.9. The van der Waals surface area contributed by atoms with Gasteiger partial charge in [0, 0.05) is 18.2 Å². The summed E-state index contributed by atoms with van der Waals surface area (Å²) in [5, 5.41) is 0. The molecule has 0 amide bonds. The standard InChI is InChI=1S/C15H14BrF2NO2/c1-20-14-5-9(7-19)4-12(16)15(14)21-8-10-2-3-11(17)6-13(10)18/h2-6H,7-8,19H2,1H3. The lowest BCUT2D eigenvalue weighted by Gasteiger charge is -2.14. The van der Waals surface area contributed by atoms with E-state index in [-0.39, 0.29) is 12.2 Å². The second-order valence-corrected chi connectivity index (χ2v) is 5.19. The number of halogens is 3. The van der Waals surface area contributed by atoms with Crippen LogP contribution in [0.2, 0.25) is 0 Å². The van der Waals surface area contributed by atoms with E-state index in [9.17, 15) is 8.78 Å². The first-order chi connectivity index (χ1) is 10.0. The van der Waals surface area contributed by atoms with Gasteiger partial charge in [-0.2, -0.15) is 0 Å². The average molecular weight is 358 g/mol. The highest BCUT2D eigenvalue weighted by atomic mass is 79.9. The van der Waals surface area contributed by atoms with Gasteiger partial charge in [0.15, 0.2) is 11.5 Å². The predicted octanol–water partition coefficient (Wildman–Crippen LogP) is 3.77. The second-order valence-electron chi connectivity index (χ2n) is 4.34. The number of nitrogens with two attached hydrogens (primary N) is 1. The summed E-state index contributed by atoms with van der Waals surface area (Å²) in [7, 11) is 1.51. The molecule has 2 rings (SSSR count). The first-order valence-corrected chi connectivity index (χ1v) is 6.97. The zero-order valence-electron chi connectivity index (χ0n) is 11.3. The molecule has 3 nitrogen and oxygen atoms in total. The van der Waals surface area contributed by atoms with E-state index in [0.29, 0.717) is 22.5 Å². The Labute approximate surface area is 129 Å². The maximum Gasteiger partial charge on any atom is 0.175 e. The Morgan fingerprint density at radius 2 is 1.95 bits per heavy atom. The highest BCUT2D eigenvalue weighted by Gasteiger charge is 2.13. The molecule has 0 aliphatic carbocycles. The van der Waals surface area contributed by atoms with E-state index in [0.717, 1.165) is 11.6 Å². The van der Waals surface area contributed by atoms with Gasteiger partial charge < -0.3 is 15.2 Å². The van der Waals surface area contributed by atoms with Crippen LogP contribution in [0.5, 0.6) is 11.5 Å². The van der Waals surface area contributed by atoms with E-state index in [1.54, 1.807) is 12.1 Å². The van der Waals surface area contributed by atoms with E-state index in [1.165, 1.54) is 19.2 Å². The number of hydrogen-bond donors (Lipinski definition) is 1. The largest absolute Gasteiger partial charge is 0.493 e. The van der Waals surface area contributed by atoms with E-state index < -0.39 is 11.6 Å². The fourth-order valence-electron chi connectivity index (χ4n) is 1.82. The molecule has 0 fully saturated rings. The van der Waals surface area contributed by atoms with Crippen LogP contribution in [0.1, 0.15) is 11.1 Å². The van der Waals surface area contributed by atoms with Crippen molar-refractivity contribution in [3.63, 3.8) is 0 Å². The monoisotopic (exact) mass is 357 g/mol. The third-order valence-electron chi connectivity index (χ3n) is 2.91. The smallest absolute Gasteiger partial charge is 0.175 e. The molecule has 0 bridgehead atoms. The topological polar surface area (TPSA) is 44.5 Å². The quantitative estimate of drug-likeness (QED) is 0.885. The summed E-state index contributed by atoms with van der Waals surface area (Å²) >= 11 is 3.37. The van der Waals surface area contributed by atoms with Gasteiger partial charge in [-0.3, -0.25) is 0 Å². The van der Waals surface area contributed by atoms with Crippen molar-refractivity contribution in [2.45, 2.75) is 13.2 Å². The minimum atomic E-state index is -0.649. The first kappa shape index (κ1) is 15.7. The molecule has 21 heavy (non-hydrogen) atoms. The van der Waals surface area contributed by atoms with Crippen molar-refractivity contribution in [3.8, 4) is 11.5 Å². The lowest BCUT2D eigenvalue weighted by molar-refractivity contribution is 0.277. The van der Waals surface area contributed by atoms with Crippen molar-refractivity contribution in [1.29, 1.82) is 0 Å². The van der Waals surface area contributed by atoms with Crippen LogP contribution in [0.3, 0.4) is 0 Å². The van der Waals surface area contributed by atoms with Gasteiger partial charge in [0.2, 0.25) is 0 Å². The molecule has 112 valence electrons. The zero-order chi connectivity index (χ0) is 15.4. The highest BCUT2D eigenvalue weighted by molar-refractivity contribution is 9.10. The molecule has 0 spiro atoms. The van der Waals surface area contributed by atoms with Crippen molar-refractivity contribution < 1.29 is 18.3 Å². The van der Waals surface area contributed by atoms with Crippen LogP contribution in [0.25, 0.3) is 0 Å². The van der Waals surface area contributed by atoms with Gasteiger partial charge in [-0.05, 0) is 45.8 Å². The minimum absolute atomic E-state index is 0.0386. The SMILES string of the molecule is COc1cc(CN)cc(Br)c1OCc1ccc(F)cc1F. The molecule has 0 aliphatic rings. The number of rotatable bonds is 5. The molecular weight excluding hydrogens is 344 g/mol. The van der Waals surface area contributed by atoms with E-state index >= 15 is 0 Å². The lowest BCUT2D eigenvalue weighted by atomic mass is 10.2. The molecule has 0 heterocycles. The summed E-state index contributed by atoms with van der Waals surface area (Å²) in [5.41, 5.74) is 6.72. The van der Waals surface area contributed by atoms with E-state index in [4.69, 9.17) is 15.2 Å². The Morgan fingerprint density at radius 3 is 2.57 bits per heavy atom. The highest BCUT2D eigenvalue weighted by Crippen LogP contribution is 2.37. The molecular formula is C15H14BrF2NO2. The molecule has 0 saturated heterocycles. The first-order valence-electron chi connectivity index (χ1n) is 6.18. The Kier molecular flexibility index (Phi) is 5.14. The number of hydrogen-bond acceptors (Lipinski definition) is 3. The van der Waals surface area contributed by atoms with Crippen LogP contribution < -0.4 is 15.2 Å². The maximum absolute atomic E-state index is 13.6. The number of methoxy groups -OCH3 is 1. The summed E-state index contributed by atoms with van der Waals surface area (Å²) < 4.78 is 37.9. The van der Waals surface area contributed by atoms with Gasteiger partial charge in [0.1, 0.15) is 18.2 Å². The minimum Gasteiger partial charge on any atom is -0.493 e. The molecule has 0 unspecified atom stereocenters. The van der Waals surface area contributed by atoms with Crippen LogP contribution >= 0.6 is 15.9 Å². The second kappa shape index (κ2) is 6.87. The van der Waals surface area contributed by atoms with Crippen LogP contribution in [0, 0.1) is 11.6 Å². The summed E-state index contributed by atoms with van der Waals surface area (Å²) in [6, 6.07) is 6.91. The van der Waals surface area contributed by atoms with Gasteiger partial charge in [0.25, 0.3) is 0 Å². The van der Waals surface area contributed by atoms with Gasteiger partial charge in [-0.1, -0.05) is 0 Å². The predicted molar refractivity (Wildman–Crippen MR) is 79.3 cm³/mol. The van der Waals surface area contributed by atoms with Gasteiger partial charge in [-0.15, -0.1) is 0 Å². The van der Waals surface area contributed by atoms with Crippen molar-refractivity contribution in [3.05, 3.63) is 57.6 Å². The molecule has 0 aliphatic heterocycles. The molecule has 2 aromatic carbocycles. The Balaban J connectivity index is 2.23. The Bertz CT molecular complexity index is 650. The fraction of sp³-hybridized carbons (Fsp3) is 0.200. The summed E-state index contributed by atoms with van der Waals surface area (Å²) in [6.45, 7) is 0.324. The number of benzene rings is 2. The normalized spacial score (nSPS) is 10.5. The van der Waals surface area contributed by atoms with Gasteiger partial charge in [0.05, 0.1) is 11.6 Å². The summed E-state index contributed by atoms with van der Waals surface area (Å²) in [4.78, 5) is 0.